The van der Waals surface area contributed by atoms with Crippen LogP contribution in [0.1, 0.15) is 44.4 Å². The maximum Gasteiger partial charge on any atom is 0.252 e. The van der Waals surface area contributed by atoms with Gasteiger partial charge in [-0.3, -0.25) is 4.79 Å². The Morgan fingerprint density at radius 2 is 2.19 bits per heavy atom. The van der Waals surface area contributed by atoms with Crippen molar-refractivity contribution < 1.29 is 14.6 Å². The molecule has 0 heterocycles. The number of carbonyl (C=O) groups excluding carboxylic acids is 1. The third kappa shape index (κ3) is 5.22. The van der Waals surface area contributed by atoms with Gasteiger partial charge in [0.05, 0.1) is 12.6 Å². The second-order valence-corrected chi connectivity index (χ2v) is 5.31. The molecule has 2 N–H and O–H groups in total. The summed E-state index contributed by atoms with van der Waals surface area (Å²) in [6.45, 7) is 5.44. The monoisotopic (exact) mass is 289 g/mol. The number of hydrogen-bond acceptors (Lipinski definition) is 3. The zero-order valence-electron chi connectivity index (χ0n) is 13.1. The van der Waals surface area contributed by atoms with E-state index in [1.54, 1.807) is 13.8 Å². The van der Waals surface area contributed by atoms with Gasteiger partial charge >= 0.3 is 0 Å². The van der Waals surface area contributed by atoms with Crippen molar-refractivity contribution in [2.45, 2.75) is 38.8 Å². The molecule has 1 aromatic carbocycles. The molecule has 0 aliphatic rings. The summed E-state index contributed by atoms with van der Waals surface area (Å²) in [6.07, 6.45) is 0.457. The van der Waals surface area contributed by atoms with Gasteiger partial charge in [-0.05, 0) is 38.5 Å². The molecule has 1 aromatic rings. The van der Waals surface area contributed by atoms with E-state index >= 15 is 0 Å². The molecule has 4 nitrogen and oxygen atoms in total. The molecule has 0 spiro atoms. The first kappa shape index (κ1) is 17.2. The van der Waals surface area contributed by atoms with E-state index in [0.29, 0.717) is 6.42 Å². The number of methoxy groups -OCH3 is 1. The van der Waals surface area contributed by atoms with Crippen molar-refractivity contribution in [2.24, 2.45) is 0 Å². The van der Waals surface area contributed by atoms with E-state index < -0.39 is 5.60 Å². The number of carbonyl (C=O) groups is 1. The van der Waals surface area contributed by atoms with Gasteiger partial charge in [0, 0.05) is 19.1 Å². The van der Waals surface area contributed by atoms with E-state index in [0.717, 1.165) is 11.1 Å². The standard InChI is InChI=1S/C17H23NO3/c1-13(18-16(20)17(2,3)21-4)15-10-7-9-14(12-15)8-5-6-11-19/h7,9-10,12-13,19H,6,11H2,1-4H3,(H,18,20). The van der Waals surface area contributed by atoms with E-state index in [4.69, 9.17) is 9.84 Å². The maximum absolute atomic E-state index is 12.1. The molecule has 21 heavy (non-hydrogen) atoms. The van der Waals surface area contributed by atoms with E-state index in [1.807, 2.05) is 31.2 Å². The first-order valence-corrected chi connectivity index (χ1v) is 6.96. The zero-order valence-corrected chi connectivity index (χ0v) is 13.1. The summed E-state index contributed by atoms with van der Waals surface area (Å²) in [4.78, 5) is 12.1. The van der Waals surface area contributed by atoms with E-state index in [9.17, 15) is 4.79 Å². The molecule has 0 aliphatic carbocycles. The van der Waals surface area contributed by atoms with Crippen molar-refractivity contribution in [3.8, 4) is 11.8 Å². The molecule has 1 amide bonds. The maximum atomic E-state index is 12.1. The fourth-order valence-corrected chi connectivity index (χ4v) is 1.65. The highest BCUT2D eigenvalue weighted by molar-refractivity contribution is 5.84. The number of aliphatic hydroxyl groups excluding tert-OH is 1. The molecule has 1 atom stereocenters. The molecule has 0 aromatic heterocycles. The van der Waals surface area contributed by atoms with Crippen LogP contribution in [0.2, 0.25) is 0 Å². The van der Waals surface area contributed by atoms with Crippen LogP contribution in [0.3, 0.4) is 0 Å². The average molecular weight is 289 g/mol. The topological polar surface area (TPSA) is 58.6 Å². The third-order valence-electron chi connectivity index (χ3n) is 3.26. The molecule has 114 valence electrons. The number of benzene rings is 1. The van der Waals surface area contributed by atoms with Gasteiger partial charge in [-0.25, -0.2) is 0 Å². The number of rotatable bonds is 5. The molecule has 1 rings (SSSR count). The summed E-state index contributed by atoms with van der Waals surface area (Å²) in [6, 6.07) is 7.56. The lowest BCUT2D eigenvalue weighted by atomic mass is 10.0. The average Bonchev–Trinajstić information content (AvgIpc) is 2.47. The lowest BCUT2D eigenvalue weighted by Gasteiger charge is -2.24. The van der Waals surface area contributed by atoms with Crippen LogP contribution in [-0.2, 0) is 9.53 Å². The summed E-state index contributed by atoms with van der Waals surface area (Å²) in [5.74, 6) is 5.71. The van der Waals surface area contributed by atoms with Crippen LogP contribution in [0.5, 0.6) is 0 Å². The highest BCUT2D eigenvalue weighted by Crippen LogP contribution is 2.16. The van der Waals surface area contributed by atoms with Gasteiger partial charge in [0.25, 0.3) is 5.91 Å². The molecule has 0 aliphatic heterocycles. The van der Waals surface area contributed by atoms with Crippen molar-refractivity contribution in [1.82, 2.24) is 5.32 Å². The summed E-state index contributed by atoms with van der Waals surface area (Å²) >= 11 is 0. The van der Waals surface area contributed by atoms with E-state index in [-0.39, 0.29) is 18.6 Å². The van der Waals surface area contributed by atoms with Gasteiger partial charge in [0.2, 0.25) is 0 Å². The summed E-state index contributed by atoms with van der Waals surface area (Å²) in [5, 5.41) is 11.7. The SMILES string of the molecule is COC(C)(C)C(=O)NC(C)c1cccc(C#CCCO)c1. The van der Waals surface area contributed by atoms with Gasteiger partial charge in [-0.1, -0.05) is 24.0 Å². The van der Waals surface area contributed by atoms with E-state index in [2.05, 4.69) is 17.2 Å². The lowest BCUT2D eigenvalue weighted by Crippen LogP contribution is -2.44. The number of nitrogens with one attached hydrogen (secondary N) is 1. The van der Waals surface area contributed by atoms with Crippen LogP contribution >= 0.6 is 0 Å². The smallest absolute Gasteiger partial charge is 0.252 e. The molecule has 0 saturated carbocycles. The molecule has 4 heteroatoms. The van der Waals surface area contributed by atoms with Crippen LogP contribution in [-0.4, -0.2) is 30.3 Å². The Bertz CT molecular complexity index is 540. The number of ether oxygens (including phenoxy) is 1. The minimum atomic E-state index is -0.854. The zero-order chi connectivity index (χ0) is 15.9. The molecule has 0 fully saturated rings. The number of hydrogen-bond donors (Lipinski definition) is 2. The summed E-state index contributed by atoms with van der Waals surface area (Å²) in [5.41, 5.74) is 0.992. The fraction of sp³-hybridized carbons (Fsp3) is 0.471. The summed E-state index contributed by atoms with van der Waals surface area (Å²) < 4.78 is 5.17. The quantitative estimate of drug-likeness (QED) is 0.815. The Labute approximate surface area is 126 Å². The first-order chi connectivity index (χ1) is 9.90. The van der Waals surface area contributed by atoms with Crippen molar-refractivity contribution in [2.75, 3.05) is 13.7 Å². The molecular weight excluding hydrogens is 266 g/mol. The normalized spacial score (nSPS) is 12.2. The van der Waals surface area contributed by atoms with Crippen LogP contribution in [0, 0.1) is 11.8 Å². The van der Waals surface area contributed by atoms with Crippen molar-refractivity contribution in [3.05, 3.63) is 35.4 Å². The molecule has 0 bridgehead atoms. The van der Waals surface area contributed by atoms with Crippen LogP contribution in [0.4, 0.5) is 0 Å². The predicted octanol–water partition coefficient (Wildman–Crippen LogP) is 2.02. The Kier molecular flexibility index (Phi) is 6.41. The highest BCUT2D eigenvalue weighted by Gasteiger charge is 2.28. The Morgan fingerprint density at radius 3 is 2.81 bits per heavy atom. The Balaban J connectivity index is 2.80. The summed E-state index contributed by atoms with van der Waals surface area (Å²) in [7, 11) is 1.52. The predicted molar refractivity (Wildman–Crippen MR) is 82.7 cm³/mol. The second-order valence-electron chi connectivity index (χ2n) is 5.31. The molecule has 1 unspecified atom stereocenters. The van der Waals surface area contributed by atoms with Crippen LogP contribution < -0.4 is 5.32 Å². The highest BCUT2D eigenvalue weighted by atomic mass is 16.5. The second kappa shape index (κ2) is 7.82. The Morgan fingerprint density at radius 1 is 1.48 bits per heavy atom. The lowest BCUT2D eigenvalue weighted by molar-refractivity contribution is -0.140. The van der Waals surface area contributed by atoms with Crippen LogP contribution in [0.15, 0.2) is 24.3 Å². The van der Waals surface area contributed by atoms with Gasteiger partial charge in [-0.2, -0.15) is 0 Å². The molecule has 0 saturated heterocycles. The van der Waals surface area contributed by atoms with Gasteiger partial charge in [-0.15, -0.1) is 0 Å². The fourth-order valence-electron chi connectivity index (χ4n) is 1.65. The van der Waals surface area contributed by atoms with Crippen molar-refractivity contribution >= 4 is 5.91 Å². The van der Waals surface area contributed by atoms with Crippen molar-refractivity contribution in [3.63, 3.8) is 0 Å². The molecular formula is C17H23NO3. The third-order valence-corrected chi connectivity index (χ3v) is 3.26. The van der Waals surface area contributed by atoms with Gasteiger partial charge in [0.15, 0.2) is 0 Å². The first-order valence-electron chi connectivity index (χ1n) is 6.96. The number of amides is 1. The van der Waals surface area contributed by atoms with E-state index in [1.165, 1.54) is 7.11 Å². The van der Waals surface area contributed by atoms with Crippen LogP contribution in [0.25, 0.3) is 0 Å². The van der Waals surface area contributed by atoms with Gasteiger partial charge in [0.1, 0.15) is 5.60 Å². The minimum absolute atomic E-state index is 0.0608. The minimum Gasteiger partial charge on any atom is -0.395 e. The van der Waals surface area contributed by atoms with Gasteiger partial charge < -0.3 is 15.2 Å². The largest absolute Gasteiger partial charge is 0.395 e. The number of aliphatic hydroxyl groups is 1. The Hall–Kier alpha value is -1.83. The molecule has 0 radical (unpaired) electrons. The van der Waals surface area contributed by atoms with Crippen molar-refractivity contribution in [1.29, 1.82) is 0 Å².